The van der Waals surface area contributed by atoms with Crippen LogP contribution in [-0.2, 0) is 13.0 Å². The number of benzene rings is 2. The largest absolute Gasteiger partial charge is 0.497 e. The summed E-state index contributed by atoms with van der Waals surface area (Å²) in [7, 11) is 1.64. The molecule has 5 heteroatoms. The van der Waals surface area contributed by atoms with Crippen molar-refractivity contribution in [2.24, 2.45) is 10.7 Å². The standard InChI is InChI=1S/C17H21N3O.HI/c1-3-13-7-4-5-8-14(13)12-19-17(18)20-15-9-6-10-16(11-15)21-2;/h4-11H,3,12H2,1-2H3,(H3,18,19,20);1H. The van der Waals surface area contributed by atoms with Gasteiger partial charge in [-0.1, -0.05) is 37.3 Å². The van der Waals surface area contributed by atoms with Crippen LogP contribution in [-0.4, -0.2) is 13.1 Å². The normalized spacial score (nSPS) is 10.7. The van der Waals surface area contributed by atoms with Gasteiger partial charge in [0.2, 0.25) is 0 Å². The molecule has 0 amide bonds. The summed E-state index contributed by atoms with van der Waals surface area (Å²) in [6.45, 7) is 2.72. The van der Waals surface area contributed by atoms with Crippen LogP contribution in [0.1, 0.15) is 18.1 Å². The number of anilines is 1. The lowest BCUT2D eigenvalue weighted by atomic mass is 10.1. The maximum Gasteiger partial charge on any atom is 0.193 e. The van der Waals surface area contributed by atoms with Gasteiger partial charge < -0.3 is 15.8 Å². The van der Waals surface area contributed by atoms with E-state index in [-0.39, 0.29) is 24.0 Å². The minimum Gasteiger partial charge on any atom is -0.497 e. The van der Waals surface area contributed by atoms with E-state index in [9.17, 15) is 0 Å². The summed E-state index contributed by atoms with van der Waals surface area (Å²) in [5.74, 6) is 1.18. The zero-order valence-electron chi connectivity index (χ0n) is 12.9. The molecule has 0 aliphatic rings. The van der Waals surface area contributed by atoms with E-state index in [0.717, 1.165) is 17.9 Å². The van der Waals surface area contributed by atoms with Gasteiger partial charge in [-0.3, -0.25) is 0 Å². The van der Waals surface area contributed by atoms with Crippen LogP contribution >= 0.6 is 24.0 Å². The van der Waals surface area contributed by atoms with Gasteiger partial charge in [0.15, 0.2) is 5.96 Å². The Bertz CT molecular complexity index is 629. The molecule has 0 heterocycles. The first-order valence-electron chi connectivity index (χ1n) is 7.00. The van der Waals surface area contributed by atoms with Gasteiger partial charge in [0.25, 0.3) is 0 Å². The molecule has 0 aliphatic heterocycles. The van der Waals surface area contributed by atoms with Crippen molar-refractivity contribution in [1.82, 2.24) is 0 Å². The van der Waals surface area contributed by atoms with Crippen LogP contribution < -0.4 is 15.8 Å². The van der Waals surface area contributed by atoms with Crippen molar-refractivity contribution in [3.05, 3.63) is 59.7 Å². The van der Waals surface area contributed by atoms with Crippen molar-refractivity contribution in [3.8, 4) is 5.75 Å². The Morgan fingerprint density at radius 1 is 1.14 bits per heavy atom. The van der Waals surface area contributed by atoms with E-state index in [0.29, 0.717) is 12.5 Å². The van der Waals surface area contributed by atoms with Gasteiger partial charge in [-0.2, -0.15) is 0 Å². The van der Waals surface area contributed by atoms with E-state index >= 15 is 0 Å². The number of ether oxygens (including phenoxy) is 1. The molecule has 0 radical (unpaired) electrons. The zero-order valence-corrected chi connectivity index (χ0v) is 15.2. The smallest absolute Gasteiger partial charge is 0.193 e. The van der Waals surface area contributed by atoms with Crippen molar-refractivity contribution in [2.75, 3.05) is 12.4 Å². The molecule has 0 saturated carbocycles. The van der Waals surface area contributed by atoms with Gasteiger partial charge >= 0.3 is 0 Å². The molecule has 2 aromatic rings. The molecule has 0 saturated heterocycles. The Labute approximate surface area is 148 Å². The van der Waals surface area contributed by atoms with Gasteiger partial charge in [0.1, 0.15) is 5.75 Å². The molecule has 0 aromatic heterocycles. The summed E-state index contributed by atoms with van der Waals surface area (Å²) in [5.41, 5.74) is 9.30. The number of aryl methyl sites for hydroxylation is 1. The fourth-order valence-corrected chi connectivity index (χ4v) is 2.12. The molecule has 0 fully saturated rings. The number of nitrogens with two attached hydrogens (primary N) is 1. The summed E-state index contributed by atoms with van der Waals surface area (Å²) >= 11 is 0. The number of rotatable bonds is 5. The van der Waals surface area contributed by atoms with E-state index in [2.05, 4.69) is 29.4 Å². The highest BCUT2D eigenvalue weighted by molar-refractivity contribution is 14.0. The number of methoxy groups -OCH3 is 1. The number of hydrogen-bond donors (Lipinski definition) is 2. The van der Waals surface area contributed by atoms with E-state index in [1.54, 1.807) is 7.11 Å². The zero-order chi connectivity index (χ0) is 15.1. The topological polar surface area (TPSA) is 59.6 Å². The van der Waals surface area contributed by atoms with Crippen LogP contribution in [0.2, 0.25) is 0 Å². The monoisotopic (exact) mass is 411 g/mol. The molecule has 118 valence electrons. The Morgan fingerprint density at radius 2 is 1.86 bits per heavy atom. The van der Waals surface area contributed by atoms with Crippen molar-refractivity contribution in [3.63, 3.8) is 0 Å². The quantitative estimate of drug-likeness (QED) is 0.447. The number of nitrogens with zero attached hydrogens (tertiary/aromatic N) is 1. The summed E-state index contributed by atoms with van der Waals surface area (Å²) in [6, 6.07) is 15.9. The summed E-state index contributed by atoms with van der Waals surface area (Å²) in [5, 5.41) is 3.07. The third kappa shape index (κ3) is 5.22. The highest BCUT2D eigenvalue weighted by Crippen LogP contribution is 2.16. The molecule has 0 spiro atoms. The lowest BCUT2D eigenvalue weighted by molar-refractivity contribution is 0.415. The Balaban J connectivity index is 0.00000242. The number of halogens is 1. The molecular weight excluding hydrogens is 389 g/mol. The van der Waals surface area contributed by atoms with Gasteiger partial charge in [-0.15, -0.1) is 24.0 Å². The van der Waals surface area contributed by atoms with Crippen molar-refractivity contribution in [1.29, 1.82) is 0 Å². The Morgan fingerprint density at radius 3 is 2.55 bits per heavy atom. The first-order valence-corrected chi connectivity index (χ1v) is 7.00. The van der Waals surface area contributed by atoms with Crippen LogP contribution in [0, 0.1) is 0 Å². The van der Waals surface area contributed by atoms with Gasteiger partial charge in [0, 0.05) is 11.8 Å². The predicted octanol–water partition coefficient (Wildman–Crippen LogP) is 3.80. The van der Waals surface area contributed by atoms with Gasteiger partial charge in [0.05, 0.1) is 13.7 Å². The molecule has 0 aliphatic carbocycles. The Kier molecular flexibility index (Phi) is 7.73. The van der Waals surface area contributed by atoms with Crippen molar-refractivity contribution < 1.29 is 4.74 Å². The van der Waals surface area contributed by atoms with E-state index < -0.39 is 0 Å². The summed E-state index contributed by atoms with van der Waals surface area (Å²) < 4.78 is 5.18. The highest BCUT2D eigenvalue weighted by Gasteiger charge is 2.00. The number of nitrogens with one attached hydrogen (secondary N) is 1. The number of guanidine groups is 1. The lowest BCUT2D eigenvalue weighted by Crippen LogP contribution is -2.22. The molecule has 0 atom stereocenters. The van der Waals surface area contributed by atoms with Crippen molar-refractivity contribution >= 4 is 35.6 Å². The van der Waals surface area contributed by atoms with Crippen LogP contribution in [0.15, 0.2) is 53.5 Å². The van der Waals surface area contributed by atoms with Gasteiger partial charge in [-0.05, 0) is 29.7 Å². The lowest BCUT2D eigenvalue weighted by Gasteiger charge is -2.08. The van der Waals surface area contributed by atoms with E-state index in [1.165, 1.54) is 11.1 Å². The average molecular weight is 411 g/mol. The summed E-state index contributed by atoms with van der Waals surface area (Å²) in [4.78, 5) is 4.40. The van der Waals surface area contributed by atoms with Crippen LogP contribution in [0.4, 0.5) is 5.69 Å². The second-order valence-electron chi connectivity index (χ2n) is 4.68. The second kappa shape index (κ2) is 9.30. The number of hydrogen-bond acceptors (Lipinski definition) is 2. The average Bonchev–Trinajstić information content (AvgIpc) is 2.53. The minimum atomic E-state index is 0. The van der Waals surface area contributed by atoms with Crippen LogP contribution in [0.25, 0.3) is 0 Å². The number of aliphatic imine (C=N–C) groups is 1. The third-order valence-corrected chi connectivity index (χ3v) is 3.26. The molecule has 22 heavy (non-hydrogen) atoms. The predicted molar refractivity (Wildman–Crippen MR) is 103 cm³/mol. The highest BCUT2D eigenvalue weighted by atomic mass is 127. The molecule has 2 rings (SSSR count). The van der Waals surface area contributed by atoms with Crippen LogP contribution in [0.5, 0.6) is 5.75 Å². The summed E-state index contributed by atoms with van der Waals surface area (Å²) in [6.07, 6.45) is 0.995. The van der Waals surface area contributed by atoms with Crippen molar-refractivity contribution in [2.45, 2.75) is 19.9 Å². The van der Waals surface area contributed by atoms with Crippen LogP contribution in [0.3, 0.4) is 0 Å². The third-order valence-electron chi connectivity index (χ3n) is 3.26. The van der Waals surface area contributed by atoms with E-state index in [1.807, 2.05) is 36.4 Å². The first-order chi connectivity index (χ1) is 10.2. The fourth-order valence-electron chi connectivity index (χ4n) is 2.12. The molecule has 2 aromatic carbocycles. The minimum absolute atomic E-state index is 0. The SMILES string of the molecule is CCc1ccccc1CN=C(N)Nc1cccc(OC)c1.I. The molecule has 0 unspecified atom stereocenters. The van der Waals surface area contributed by atoms with Gasteiger partial charge in [-0.25, -0.2) is 4.99 Å². The first kappa shape index (κ1) is 18.3. The second-order valence-corrected chi connectivity index (χ2v) is 4.68. The Hall–Kier alpha value is -1.76. The van der Waals surface area contributed by atoms with E-state index in [4.69, 9.17) is 10.5 Å². The molecule has 0 bridgehead atoms. The molecule has 3 N–H and O–H groups in total. The molecular formula is C17H22IN3O. The maximum atomic E-state index is 5.93. The fraction of sp³-hybridized carbons (Fsp3) is 0.235. The maximum absolute atomic E-state index is 5.93. The molecule has 4 nitrogen and oxygen atoms in total.